The van der Waals surface area contributed by atoms with Gasteiger partial charge in [-0.1, -0.05) is 18.2 Å². The van der Waals surface area contributed by atoms with E-state index in [1.807, 2.05) is 53.2 Å². The number of aromatic nitrogens is 2. The van der Waals surface area contributed by atoms with Gasteiger partial charge in [0.05, 0.1) is 30.1 Å². The van der Waals surface area contributed by atoms with Crippen molar-refractivity contribution in [1.29, 1.82) is 0 Å². The Kier molecular flexibility index (Phi) is 5.81. The number of nitrogens with zero attached hydrogens (tertiary/aromatic N) is 3. The Morgan fingerprint density at radius 3 is 2.50 bits per heavy atom. The highest BCUT2D eigenvalue weighted by Gasteiger charge is 2.43. The van der Waals surface area contributed by atoms with E-state index in [0.717, 1.165) is 17.1 Å². The second-order valence-corrected chi connectivity index (χ2v) is 8.18. The summed E-state index contributed by atoms with van der Waals surface area (Å²) in [5, 5.41) is 3.76. The summed E-state index contributed by atoms with van der Waals surface area (Å²) in [6, 6.07) is 22.6. The molecule has 1 fully saturated rings. The molecule has 3 heterocycles. The van der Waals surface area contributed by atoms with Gasteiger partial charge in [0.1, 0.15) is 11.9 Å². The number of nitrogens with one attached hydrogen (secondary N) is 1. The van der Waals surface area contributed by atoms with Crippen molar-refractivity contribution in [1.82, 2.24) is 14.9 Å². The summed E-state index contributed by atoms with van der Waals surface area (Å²) in [6.07, 6.45) is 3.66. The molecule has 0 amide bonds. The van der Waals surface area contributed by atoms with E-state index in [9.17, 15) is 9.18 Å². The molecule has 2 atom stereocenters. The Morgan fingerprint density at radius 1 is 1.03 bits per heavy atom. The molecule has 2 aromatic heterocycles. The summed E-state index contributed by atoms with van der Waals surface area (Å²) in [5.41, 5.74) is 3.37. The minimum atomic E-state index is -0.398. The first kappa shape index (κ1) is 21.8. The number of pyridine rings is 1. The zero-order valence-corrected chi connectivity index (χ0v) is 19.1. The summed E-state index contributed by atoms with van der Waals surface area (Å²) < 4.78 is 21.7. The van der Waals surface area contributed by atoms with E-state index in [-0.39, 0.29) is 17.9 Å². The predicted octanol–water partition coefficient (Wildman–Crippen LogP) is 4.98. The standard InChI is InChI=1S/C26H21FN4O2S/c1-33-25(32)17-11-13-18(14-12-17)30-16-6-10-22(30)24-23(20-8-4-5-15-28-20)29-26(34)31(24)21-9-3-2-7-19(21)27/h2-16,23-24H,1H3,(H,29,34)/t23-,24+/m0/s1. The summed E-state index contributed by atoms with van der Waals surface area (Å²) in [4.78, 5) is 18.2. The molecule has 0 unspecified atom stereocenters. The number of ether oxygens (including phenoxy) is 1. The normalized spacial score (nSPS) is 17.5. The lowest BCUT2D eigenvalue weighted by atomic mass is 10.0. The van der Waals surface area contributed by atoms with Gasteiger partial charge in [0.15, 0.2) is 5.11 Å². The van der Waals surface area contributed by atoms with Crippen molar-refractivity contribution >= 4 is 29.0 Å². The second kappa shape index (κ2) is 9.07. The topological polar surface area (TPSA) is 59.4 Å². The maximum absolute atomic E-state index is 14.9. The molecule has 0 aliphatic carbocycles. The van der Waals surface area contributed by atoms with Crippen molar-refractivity contribution in [3.8, 4) is 5.69 Å². The van der Waals surface area contributed by atoms with Crippen LogP contribution < -0.4 is 10.2 Å². The molecular formula is C26H21FN4O2S. The molecule has 1 saturated heterocycles. The van der Waals surface area contributed by atoms with Crippen molar-refractivity contribution < 1.29 is 13.9 Å². The van der Waals surface area contributed by atoms with Crippen LogP contribution in [0.1, 0.15) is 33.8 Å². The number of para-hydroxylation sites is 1. The van der Waals surface area contributed by atoms with Crippen LogP contribution in [0.3, 0.4) is 0 Å². The van der Waals surface area contributed by atoms with Crippen LogP contribution in [0.5, 0.6) is 0 Å². The van der Waals surface area contributed by atoms with Gasteiger partial charge in [0.25, 0.3) is 0 Å². The van der Waals surface area contributed by atoms with Crippen LogP contribution in [-0.2, 0) is 4.74 Å². The molecule has 8 heteroatoms. The third-order valence-corrected chi connectivity index (χ3v) is 6.17. The molecule has 6 nitrogen and oxygen atoms in total. The van der Waals surface area contributed by atoms with E-state index in [0.29, 0.717) is 16.4 Å². The molecule has 4 aromatic rings. The number of carbonyl (C=O) groups is 1. The number of esters is 1. The maximum atomic E-state index is 14.9. The lowest BCUT2D eigenvalue weighted by Gasteiger charge is -2.29. The highest BCUT2D eigenvalue weighted by atomic mass is 32.1. The minimum absolute atomic E-state index is 0.309. The lowest BCUT2D eigenvalue weighted by Crippen LogP contribution is -2.31. The fourth-order valence-electron chi connectivity index (χ4n) is 4.31. The van der Waals surface area contributed by atoms with Crippen molar-refractivity contribution in [2.75, 3.05) is 12.0 Å². The SMILES string of the molecule is COC(=O)c1ccc(-n2cccc2[C@@H]2[C@H](c3ccccn3)NC(=S)N2c2ccccc2F)cc1. The fraction of sp³-hybridized carbons (Fsp3) is 0.115. The zero-order chi connectivity index (χ0) is 23.7. The average molecular weight is 473 g/mol. The number of methoxy groups -OCH3 is 1. The van der Waals surface area contributed by atoms with Crippen LogP contribution in [0.4, 0.5) is 10.1 Å². The lowest BCUT2D eigenvalue weighted by molar-refractivity contribution is 0.0600. The Hall–Kier alpha value is -4.04. The van der Waals surface area contributed by atoms with Gasteiger partial charge >= 0.3 is 5.97 Å². The third kappa shape index (κ3) is 3.82. The van der Waals surface area contributed by atoms with Gasteiger partial charge < -0.3 is 19.5 Å². The molecule has 0 bridgehead atoms. The van der Waals surface area contributed by atoms with Crippen LogP contribution >= 0.6 is 12.2 Å². The van der Waals surface area contributed by atoms with Gasteiger partial charge in [-0.05, 0) is 72.9 Å². The van der Waals surface area contributed by atoms with Crippen molar-refractivity contribution in [3.05, 3.63) is 114 Å². The quantitative estimate of drug-likeness (QED) is 0.327. The van der Waals surface area contributed by atoms with Gasteiger partial charge in [-0.15, -0.1) is 0 Å². The number of anilines is 1. The largest absolute Gasteiger partial charge is 0.465 e. The predicted molar refractivity (Wildman–Crippen MR) is 131 cm³/mol. The van der Waals surface area contributed by atoms with Gasteiger partial charge in [0.2, 0.25) is 0 Å². The Morgan fingerprint density at radius 2 is 1.79 bits per heavy atom. The molecule has 1 N–H and O–H groups in total. The van der Waals surface area contributed by atoms with Crippen LogP contribution in [0.2, 0.25) is 0 Å². The van der Waals surface area contributed by atoms with Gasteiger partial charge in [-0.25, -0.2) is 9.18 Å². The van der Waals surface area contributed by atoms with Crippen LogP contribution in [0, 0.1) is 5.82 Å². The van der Waals surface area contributed by atoms with E-state index in [1.165, 1.54) is 13.2 Å². The van der Waals surface area contributed by atoms with Crippen molar-refractivity contribution in [2.45, 2.75) is 12.1 Å². The third-order valence-electron chi connectivity index (χ3n) is 5.86. The van der Waals surface area contributed by atoms with E-state index in [1.54, 1.807) is 41.4 Å². The first-order valence-corrected chi connectivity index (χ1v) is 11.1. The molecular weight excluding hydrogens is 451 g/mol. The molecule has 1 aliphatic rings. The number of benzene rings is 2. The Bertz CT molecular complexity index is 1340. The van der Waals surface area contributed by atoms with Crippen molar-refractivity contribution in [3.63, 3.8) is 0 Å². The number of hydrogen-bond donors (Lipinski definition) is 1. The van der Waals surface area contributed by atoms with Gasteiger partial charge in [-0.3, -0.25) is 4.98 Å². The second-order valence-electron chi connectivity index (χ2n) is 7.79. The number of carbonyl (C=O) groups excluding carboxylic acids is 1. The highest BCUT2D eigenvalue weighted by molar-refractivity contribution is 7.80. The summed E-state index contributed by atoms with van der Waals surface area (Å²) in [5.74, 6) is -0.760. The molecule has 34 heavy (non-hydrogen) atoms. The number of halogens is 1. The summed E-state index contributed by atoms with van der Waals surface area (Å²) >= 11 is 5.69. The monoisotopic (exact) mass is 472 g/mol. The fourth-order valence-corrected chi connectivity index (χ4v) is 4.65. The Labute approximate surface area is 201 Å². The number of hydrogen-bond acceptors (Lipinski definition) is 4. The molecule has 5 rings (SSSR count). The average Bonchev–Trinajstić information content (AvgIpc) is 3.49. The van der Waals surface area contributed by atoms with E-state index in [4.69, 9.17) is 17.0 Å². The molecule has 170 valence electrons. The highest BCUT2D eigenvalue weighted by Crippen LogP contribution is 2.42. The number of thiocarbonyl (C=S) groups is 1. The molecule has 0 radical (unpaired) electrons. The van der Waals surface area contributed by atoms with Crippen molar-refractivity contribution in [2.24, 2.45) is 0 Å². The smallest absolute Gasteiger partial charge is 0.337 e. The molecule has 0 spiro atoms. The van der Waals surface area contributed by atoms with Gasteiger partial charge in [-0.2, -0.15) is 0 Å². The van der Waals surface area contributed by atoms with E-state index in [2.05, 4.69) is 10.3 Å². The minimum Gasteiger partial charge on any atom is -0.465 e. The molecule has 0 saturated carbocycles. The number of rotatable bonds is 5. The maximum Gasteiger partial charge on any atom is 0.337 e. The zero-order valence-electron chi connectivity index (χ0n) is 18.3. The summed E-state index contributed by atoms with van der Waals surface area (Å²) in [6.45, 7) is 0. The van der Waals surface area contributed by atoms with Crippen LogP contribution in [0.25, 0.3) is 5.69 Å². The van der Waals surface area contributed by atoms with Crippen LogP contribution in [-0.4, -0.2) is 27.7 Å². The first-order valence-electron chi connectivity index (χ1n) is 10.7. The molecule has 1 aliphatic heterocycles. The van der Waals surface area contributed by atoms with E-state index < -0.39 is 5.97 Å². The van der Waals surface area contributed by atoms with Gasteiger partial charge in [0, 0.05) is 23.8 Å². The summed E-state index contributed by atoms with van der Waals surface area (Å²) in [7, 11) is 1.35. The Balaban J connectivity index is 1.63. The van der Waals surface area contributed by atoms with E-state index >= 15 is 0 Å². The first-order chi connectivity index (χ1) is 16.6. The molecule has 2 aromatic carbocycles. The van der Waals surface area contributed by atoms with Crippen LogP contribution in [0.15, 0.2) is 91.3 Å².